The first-order chi connectivity index (χ1) is 14.9. The van der Waals surface area contributed by atoms with Gasteiger partial charge in [-0.2, -0.15) is 0 Å². The van der Waals surface area contributed by atoms with Crippen LogP contribution < -0.4 is 11.3 Å². The van der Waals surface area contributed by atoms with Gasteiger partial charge in [-0.1, -0.05) is 42.6 Å². The largest absolute Gasteiger partial charge is 0.330 e. The van der Waals surface area contributed by atoms with Crippen LogP contribution in [-0.2, 0) is 7.05 Å². The van der Waals surface area contributed by atoms with E-state index in [1.807, 2.05) is 37.3 Å². The average Bonchev–Trinajstić information content (AvgIpc) is 2.78. The molecule has 0 aliphatic carbocycles. The van der Waals surface area contributed by atoms with Crippen molar-refractivity contribution in [3.05, 3.63) is 75.3 Å². The lowest BCUT2D eigenvalue weighted by molar-refractivity contribution is 0.0676. The fourth-order valence-electron chi connectivity index (χ4n) is 3.77. The van der Waals surface area contributed by atoms with Crippen molar-refractivity contribution >= 4 is 28.4 Å². The van der Waals surface area contributed by atoms with Crippen LogP contribution in [0.1, 0.15) is 54.8 Å². The number of aromatic nitrogens is 2. The third-order valence-electron chi connectivity index (χ3n) is 5.55. The van der Waals surface area contributed by atoms with Crippen molar-refractivity contribution in [2.45, 2.75) is 38.6 Å². The van der Waals surface area contributed by atoms with E-state index in [9.17, 15) is 9.59 Å². The highest BCUT2D eigenvalue weighted by Gasteiger charge is 2.26. The standard InChI is InChI=1S/C24H29ClN4O2/c1-17(22-27-21-16-19(25)12-13-20(21)24(31)28(22)2)29(15-9-4-3-8-14-26)23(30)18-10-6-5-7-11-18/h5-7,10-13,16-17H,3-4,8-9,14-15,26H2,1-2H3. The van der Waals surface area contributed by atoms with Gasteiger partial charge in [-0.3, -0.25) is 14.2 Å². The smallest absolute Gasteiger partial charge is 0.261 e. The summed E-state index contributed by atoms with van der Waals surface area (Å²) in [6.45, 7) is 3.16. The summed E-state index contributed by atoms with van der Waals surface area (Å²) in [6, 6.07) is 13.9. The van der Waals surface area contributed by atoms with Gasteiger partial charge in [-0.15, -0.1) is 0 Å². The number of rotatable bonds is 9. The lowest BCUT2D eigenvalue weighted by atomic mass is 10.1. The fraction of sp³-hybridized carbons (Fsp3) is 0.375. The highest BCUT2D eigenvalue weighted by molar-refractivity contribution is 6.31. The minimum atomic E-state index is -0.386. The van der Waals surface area contributed by atoms with Crippen molar-refractivity contribution in [1.29, 1.82) is 0 Å². The Balaban J connectivity index is 1.96. The molecule has 0 spiro atoms. The van der Waals surface area contributed by atoms with Crippen LogP contribution in [-0.4, -0.2) is 33.4 Å². The number of benzene rings is 2. The predicted molar refractivity (Wildman–Crippen MR) is 125 cm³/mol. The molecule has 31 heavy (non-hydrogen) atoms. The maximum atomic E-state index is 13.4. The Morgan fingerprint density at radius 3 is 2.55 bits per heavy atom. The van der Waals surface area contributed by atoms with Crippen LogP contribution in [0.25, 0.3) is 10.9 Å². The van der Waals surface area contributed by atoms with Crippen molar-refractivity contribution in [3.63, 3.8) is 0 Å². The molecule has 2 N–H and O–H groups in total. The zero-order valence-electron chi connectivity index (χ0n) is 18.1. The molecule has 3 aromatic rings. The highest BCUT2D eigenvalue weighted by Crippen LogP contribution is 2.23. The Morgan fingerprint density at radius 1 is 1.13 bits per heavy atom. The van der Waals surface area contributed by atoms with Gasteiger partial charge in [0, 0.05) is 24.2 Å². The van der Waals surface area contributed by atoms with E-state index in [2.05, 4.69) is 0 Å². The number of hydrogen-bond acceptors (Lipinski definition) is 4. The van der Waals surface area contributed by atoms with Crippen molar-refractivity contribution in [1.82, 2.24) is 14.5 Å². The SMILES string of the molecule is CC(c1nc2cc(Cl)ccc2c(=O)n1C)N(CCCCCCN)C(=O)c1ccccc1. The number of hydrogen-bond donors (Lipinski definition) is 1. The maximum Gasteiger partial charge on any atom is 0.261 e. The summed E-state index contributed by atoms with van der Waals surface area (Å²) in [7, 11) is 1.70. The van der Waals surface area contributed by atoms with E-state index in [0.29, 0.717) is 40.4 Å². The zero-order chi connectivity index (χ0) is 22.4. The van der Waals surface area contributed by atoms with Crippen LogP contribution in [0.2, 0.25) is 5.02 Å². The Hall–Kier alpha value is -2.70. The molecule has 2 aromatic carbocycles. The minimum Gasteiger partial charge on any atom is -0.330 e. The minimum absolute atomic E-state index is 0.0765. The number of amides is 1. The van der Waals surface area contributed by atoms with Gasteiger partial charge in [0.05, 0.1) is 16.9 Å². The molecular formula is C24H29ClN4O2. The van der Waals surface area contributed by atoms with Gasteiger partial charge in [0.1, 0.15) is 5.82 Å². The third kappa shape index (κ3) is 5.32. The second-order valence-corrected chi connectivity index (χ2v) is 8.18. The first-order valence-corrected chi connectivity index (χ1v) is 11.0. The van der Waals surface area contributed by atoms with Gasteiger partial charge in [0.25, 0.3) is 11.5 Å². The molecular weight excluding hydrogens is 412 g/mol. The van der Waals surface area contributed by atoms with Crippen molar-refractivity contribution in [2.75, 3.05) is 13.1 Å². The monoisotopic (exact) mass is 440 g/mol. The van der Waals surface area contributed by atoms with Crippen LogP contribution >= 0.6 is 11.6 Å². The molecule has 7 heteroatoms. The lowest BCUT2D eigenvalue weighted by Gasteiger charge is -2.30. The van der Waals surface area contributed by atoms with Crippen LogP contribution in [0.5, 0.6) is 0 Å². The molecule has 0 aliphatic rings. The van der Waals surface area contributed by atoms with Gasteiger partial charge >= 0.3 is 0 Å². The van der Waals surface area contributed by atoms with E-state index in [0.717, 1.165) is 25.7 Å². The quantitative estimate of drug-likeness (QED) is 0.502. The summed E-state index contributed by atoms with van der Waals surface area (Å²) < 4.78 is 1.53. The van der Waals surface area contributed by atoms with E-state index in [-0.39, 0.29) is 17.5 Å². The fourth-order valence-corrected chi connectivity index (χ4v) is 3.94. The highest BCUT2D eigenvalue weighted by atomic mass is 35.5. The molecule has 0 saturated heterocycles. The first-order valence-electron chi connectivity index (χ1n) is 10.7. The lowest BCUT2D eigenvalue weighted by Crippen LogP contribution is -2.38. The molecule has 1 aromatic heterocycles. The van der Waals surface area contributed by atoms with E-state index in [4.69, 9.17) is 22.3 Å². The third-order valence-corrected chi connectivity index (χ3v) is 5.78. The number of fused-ring (bicyclic) bond motifs is 1. The van der Waals surface area contributed by atoms with E-state index >= 15 is 0 Å². The number of nitrogens with two attached hydrogens (primary N) is 1. The van der Waals surface area contributed by atoms with Crippen LogP contribution in [0.15, 0.2) is 53.3 Å². The number of carbonyl (C=O) groups is 1. The second kappa shape index (κ2) is 10.6. The van der Waals surface area contributed by atoms with E-state index < -0.39 is 0 Å². The number of halogens is 1. The van der Waals surface area contributed by atoms with E-state index in [1.165, 1.54) is 4.57 Å². The molecule has 1 heterocycles. The molecule has 1 atom stereocenters. The molecule has 0 bridgehead atoms. The Morgan fingerprint density at radius 2 is 1.84 bits per heavy atom. The van der Waals surface area contributed by atoms with Gasteiger partial charge in [-0.25, -0.2) is 4.98 Å². The number of carbonyl (C=O) groups excluding carboxylic acids is 1. The summed E-state index contributed by atoms with van der Waals surface area (Å²) in [4.78, 5) is 32.8. The number of unbranched alkanes of at least 4 members (excludes halogenated alkanes) is 3. The Kier molecular flexibility index (Phi) is 7.82. The predicted octanol–water partition coefficient (Wildman–Crippen LogP) is 4.31. The summed E-state index contributed by atoms with van der Waals surface area (Å²) in [5.41, 5.74) is 6.59. The zero-order valence-corrected chi connectivity index (χ0v) is 18.8. The maximum absolute atomic E-state index is 13.4. The molecule has 0 saturated carbocycles. The molecule has 3 rings (SSSR count). The number of nitrogens with zero attached hydrogens (tertiary/aromatic N) is 3. The average molecular weight is 441 g/mol. The second-order valence-electron chi connectivity index (χ2n) is 7.74. The summed E-state index contributed by atoms with van der Waals surface area (Å²) >= 11 is 6.12. The van der Waals surface area contributed by atoms with Gasteiger partial charge in [0.2, 0.25) is 0 Å². The van der Waals surface area contributed by atoms with Gasteiger partial charge in [0.15, 0.2) is 0 Å². The molecule has 0 aliphatic heterocycles. The van der Waals surface area contributed by atoms with E-state index in [1.54, 1.807) is 30.1 Å². The van der Waals surface area contributed by atoms with Gasteiger partial charge in [-0.05, 0) is 56.6 Å². The Bertz CT molecular complexity index is 1100. The molecule has 1 amide bonds. The summed E-state index contributed by atoms with van der Waals surface area (Å²) in [5, 5.41) is 1.02. The van der Waals surface area contributed by atoms with Crippen LogP contribution in [0.3, 0.4) is 0 Å². The molecule has 1 unspecified atom stereocenters. The van der Waals surface area contributed by atoms with Crippen molar-refractivity contribution in [3.8, 4) is 0 Å². The normalized spacial score (nSPS) is 12.1. The molecule has 164 valence electrons. The summed E-state index contributed by atoms with van der Waals surface area (Å²) in [5.74, 6) is 0.457. The van der Waals surface area contributed by atoms with Crippen LogP contribution in [0, 0.1) is 0 Å². The molecule has 0 radical (unpaired) electrons. The van der Waals surface area contributed by atoms with Crippen molar-refractivity contribution < 1.29 is 4.79 Å². The van der Waals surface area contributed by atoms with Crippen LogP contribution in [0.4, 0.5) is 0 Å². The molecule has 0 fully saturated rings. The Labute approximate surface area is 187 Å². The first kappa shape index (κ1) is 23.0. The summed E-state index contributed by atoms with van der Waals surface area (Å²) in [6.07, 6.45) is 3.85. The van der Waals surface area contributed by atoms with Crippen molar-refractivity contribution in [2.24, 2.45) is 12.8 Å². The molecule has 6 nitrogen and oxygen atoms in total. The van der Waals surface area contributed by atoms with Gasteiger partial charge < -0.3 is 10.6 Å². The topological polar surface area (TPSA) is 81.2 Å².